The molecule has 2 N–H and O–H groups in total. The van der Waals surface area contributed by atoms with Crippen LogP contribution in [0.3, 0.4) is 0 Å². The Morgan fingerprint density at radius 1 is 1.53 bits per heavy atom. The summed E-state index contributed by atoms with van der Waals surface area (Å²) in [5.41, 5.74) is 6.70. The van der Waals surface area contributed by atoms with E-state index >= 15 is 0 Å². The van der Waals surface area contributed by atoms with Gasteiger partial charge in [-0.3, -0.25) is 0 Å². The molecule has 0 aliphatic carbocycles. The molecule has 0 aliphatic rings. The first-order valence-corrected chi connectivity index (χ1v) is 5.53. The summed E-state index contributed by atoms with van der Waals surface area (Å²) in [4.78, 5) is 15.8. The maximum Gasteiger partial charge on any atom is 0.359 e. The molecule has 88 valence electrons. The van der Waals surface area contributed by atoms with Crippen molar-refractivity contribution in [2.45, 2.75) is 6.92 Å². The van der Waals surface area contributed by atoms with Gasteiger partial charge in [-0.05, 0) is 19.1 Å². The molecule has 0 radical (unpaired) electrons. The fourth-order valence-corrected chi connectivity index (χ4v) is 1.77. The second-order valence-corrected chi connectivity index (χ2v) is 3.87. The second kappa shape index (κ2) is 4.59. The Hall–Kier alpha value is -1.81. The van der Waals surface area contributed by atoms with Crippen molar-refractivity contribution < 1.29 is 9.53 Å². The summed E-state index contributed by atoms with van der Waals surface area (Å²) >= 11 is 6.01. The zero-order chi connectivity index (χ0) is 12.4. The summed E-state index contributed by atoms with van der Waals surface area (Å²) in [6.45, 7) is 2.00. The molecular weight excluding hydrogens is 240 g/mol. The molecule has 0 amide bonds. The lowest BCUT2D eigenvalue weighted by Gasteiger charge is -2.07. The van der Waals surface area contributed by atoms with Crippen LogP contribution in [-0.2, 0) is 4.74 Å². The molecule has 0 fully saturated rings. The fraction of sp³-hybridized carbons (Fsp3) is 0.167. The fourth-order valence-electron chi connectivity index (χ4n) is 1.54. The van der Waals surface area contributed by atoms with E-state index < -0.39 is 5.97 Å². The highest BCUT2D eigenvalue weighted by Gasteiger charge is 2.14. The van der Waals surface area contributed by atoms with Gasteiger partial charge in [-0.1, -0.05) is 23.7 Å². The van der Waals surface area contributed by atoms with Crippen LogP contribution in [0.2, 0.25) is 5.02 Å². The van der Waals surface area contributed by atoms with E-state index in [1.807, 2.05) is 6.07 Å². The number of nitrogens with zero attached hydrogens (tertiary/aromatic N) is 1. The number of nitrogen functional groups attached to an aromatic ring is 1. The molecule has 2 rings (SSSR count). The summed E-state index contributed by atoms with van der Waals surface area (Å²) in [5.74, 6) is -0.535. The monoisotopic (exact) mass is 250 g/mol. The Labute approximate surface area is 103 Å². The third-order valence-electron chi connectivity index (χ3n) is 2.29. The molecular formula is C12H11ClN2O2. The number of rotatable bonds is 2. The van der Waals surface area contributed by atoms with Gasteiger partial charge < -0.3 is 10.5 Å². The van der Waals surface area contributed by atoms with Crippen molar-refractivity contribution in [3.8, 4) is 0 Å². The van der Waals surface area contributed by atoms with Crippen LogP contribution in [0.4, 0.5) is 5.69 Å². The zero-order valence-corrected chi connectivity index (χ0v) is 9.99. The van der Waals surface area contributed by atoms with Crippen LogP contribution in [0.25, 0.3) is 10.9 Å². The van der Waals surface area contributed by atoms with E-state index in [0.717, 1.165) is 5.39 Å². The Morgan fingerprint density at radius 2 is 2.29 bits per heavy atom. The van der Waals surface area contributed by atoms with E-state index in [9.17, 15) is 4.79 Å². The molecule has 0 saturated heterocycles. The molecule has 4 nitrogen and oxygen atoms in total. The van der Waals surface area contributed by atoms with E-state index in [2.05, 4.69) is 4.98 Å². The molecule has 0 bridgehead atoms. The van der Waals surface area contributed by atoms with E-state index in [1.54, 1.807) is 25.1 Å². The van der Waals surface area contributed by atoms with Crippen molar-refractivity contribution >= 4 is 34.2 Å². The zero-order valence-electron chi connectivity index (χ0n) is 9.24. The highest BCUT2D eigenvalue weighted by Crippen LogP contribution is 2.25. The maximum absolute atomic E-state index is 11.6. The number of benzene rings is 1. The summed E-state index contributed by atoms with van der Waals surface area (Å²) in [6.07, 6.45) is 0. The highest BCUT2D eigenvalue weighted by molar-refractivity contribution is 6.35. The number of ether oxygens (including phenoxy) is 1. The average Bonchev–Trinajstić information content (AvgIpc) is 2.29. The number of fused-ring (bicyclic) bond motifs is 1. The Kier molecular flexibility index (Phi) is 3.15. The number of carbonyl (C=O) groups is 1. The molecule has 0 saturated carbocycles. The van der Waals surface area contributed by atoms with Crippen LogP contribution in [0, 0.1) is 0 Å². The number of para-hydroxylation sites is 1. The standard InChI is InChI=1S/C12H11ClN2O2/c1-2-17-12(16)11-9(14)6-7-4-3-5-8(13)10(7)15-11/h3-6H,2,14H2,1H3. The average molecular weight is 251 g/mol. The van der Waals surface area contributed by atoms with Crippen LogP contribution in [0.1, 0.15) is 17.4 Å². The predicted molar refractivity (Wildman–Crippen MR) is 67.1 cm³/mol. The van der Waals surface area contributed by atoms with Crippen molar-refractivity contribution in [1.82, 2.24) is 4.98 Å². The van der Waals surface area contributed by atoms with Gasteiger partial charge in [0.25, 0.3) is 0 Å². The van der Waals surface area contributed by atoms with Gasteiger partial charge in [0.15, 0.2) is 5.69 Å². The first kappa shape index (κ1) is 11.7. The van der Waals surface area contributed by atoms with Crippen LogP contribution in [0.5, 0.6) is 0 Å². The first-order valence-electron chi connectivity index (χ1n) is 5.15. The maximum atomic E-state index is 11.6. The number of nitrogens with two attached hydrogens (primary N) is 1. The van der Waals surface area contributed by atoms with E-state index in [4.69, 9.17) is 22.1 Å². The van der Waals surface area contributed by atoms with E-state index in [1.165, 1.54) is 0 Å². The molecule has 17 heavy (non-hydrogen) atoms. The molecule has 0 unspecified atom stereocenters. The number of hydrogen-bond donors (Lipinski definition) is 1. The van der Waals surface area contributed by atoms with Gasteiger partial charge in [0.2, 0.25) is 0 Å². The van der Waals surface area contributed by atoms with Crippen molar-refractivity contribution in [1.29, 1.82) is 0 Å². The van der Waals surface area contributed by atoms with E-state index in [0.29, 0.717) is 16.2 Å². The Bertz CT molecular complexity index is 584. The topological polar surface area (TPSA) is 65.2 Å². The van der Waals surface area contributed by atoms with Gasteiger partial charge in [-0.25, -0.2) is 9.78 Å². The minimum atomic E-state index is -0.535. The molecule has 5 heteroatoms. The third-order valence-corrected chi connectivity index (χ3v) is 2.60. The van der Waals surface area contributed by atoms with Crippen LogP contribution < -0.4 is 5.73 Å². The van der Waals surface area contributed by atoms with Crippen molar-refractivity contribution in [2.24, 2.45) is 0 Å². The second-order valence-electron chi connectivity index (χ2n) is 3.46. The number of esters is 1. The van der Waals surface area contributed by atoms with Gasteiger partial charge in [0, 0.05) is 5.39 Å². The van der Waals surface area contributed by atoms with E-state index in [-0.39, 0.29) is 12.3 Å². The summed E-state index contributed by atoms with van der Waals surface area (Å²) in [7, 11) is 0. The van der Waals surface area contributed by atoms with Crippen LogP contribution in [0.15, 0.2) is 24.3 Å². The Morgan fingerprint density at radius 3 is 3.00 bits per heavy atom. The summed E-state index contributed by atoms with van der Waals surface area (Å²) in [5, 5.41) is 1.27. The number of pyridine rings is 1. The lowest BCUT2D eigenvalue weighted by molar-refractivity contribution is 0.0521. The van der Waals surface area contributed by atoms with Crippen molar-refractivity contribution in [3.05, 3.63) is 35.0 Å². The Balaban J connectivity index is 2.61. The highest BCUT2D eigenvalue weighted by atomic mass is 35.5. The quantitative estimate of drug-likeness (QED) is 0.832. The smallest absolute Gasteiger partial charge is 0.359 e. The van der Waals surface area contributed by atoms with Gasteiger partial charge in [0.05, 0.1) is 22.8 Å². The minimum Gasteiger partial charge on any atom is -0.461 e. The molecule has 0 aliphatic heterocycles. The first-order chi connectivity index (χ1) is 8.13. The molecule has 1 aromatic heterocycles. The minimum absolute atomic E-state index is 0.104. The summed E-state index contributed by atoms with van der Waals surface area (Å²) < 4.78 is 4.87. The van der Waals surface area contributed by atoms with Crippen LogP contribution >= 0.6 is 11.6 Å². The normalized spacial score (nSPS) is 10.5. The lowest BCUT2D eigenvalue weighted by atomic mass is 10.2. The number of halogens is 1. The van der Waals surface area contributed by atoms with Gasteiger partial charge in [0.1, 0.15) is 0 Å². The molecule has 0 atom stereocenters. The van der Waals surface area contributed by atoms with Gasteiger partial charge in [-0.2, -0.15) is 0 Å². The predicted octanol–water partition coefficient (Wildman–Crippen LogP) is 2.65. The number of anilines is 1. The van der Waals surface area contributed by atoms with Gasteiger partial charge in [-0.15, -0.1) is 0 Å². The molecule has 0 spiro atoms. The van der Waals surface area contributed by atoms with Crippen molar-refractivity contribution in [2.75, 3.05) is 12.3 Å². The SMILES string of the molecule is CCOC(=O)c1nc2c(Cl)cccc2cc1N. The van der Waals surface area contributed by atoms with Crippen molar-refractivity contribution in [3.63, 3.8) is 0 Å². The third kappa shape index (κ3) is 2.17. The lowest BCUT2D eigenvalue weighted by Crippen LogP contribution is -2.10. The number of aromatic nitrogens is 1. The molecule has 2 aromatic rings. The molecule has 1 aromatic carbocycles. The van der Waals surface area contributed by atoms with Crippen LogP contribution in [-0.4, -0.2) is 17.6 Å². The number of hydrogen-bond acceptors (Lipinski definition) is 4. The largest absolute Gasteiger partial charge is 0.461 e. The summed E-state index contributed by atoms with van der Waals surface area (Å²) in [6, 6.07) is 7.01. The molecule has 1 heterocycles. The van der Waals surface area contributed by atoms with Gasteiger partial charge >= 0.3 is 5.97 Å². The number of carbonyl (C=O) groups excluding carboxylic acids is 1.